The third-order valence-corrected chi connectivity index (χ3v) is 8.29. The van der Waals surface area contributed by atoms with Gasteiger partial charge in [0.05, 0.1) is 23.4 Å². The van der Waals surface area contributed by atoms with Gasteiger partial charge in [-0.3, -0.25) is 14.4 Å². The molecule has 0 spiro atoms. The van der Waals surface area contributed by atoms with Gasteiger partial charge in [0, 0.05) is 16.2 Å². The van der Waals surface area contributed by atoms with Gasteiger partial charge in [-0.2, -0.15) is 5.26 Å². The third-order valence-electron chi connectivity index (χ3n) is 6.79. The maximum absolute atomic E-state index is 13.7. The van der Waals surface area contributed by atoms with Gasteiger partial charge in [-0.05, 0) is 61.6 Å². The summed E-state index contributed by atoms with van der Waals surface area (Å²) in [5, 5.41) is 10.1. The normalized spacial score (nSPS) is 18.4. The lowest BCUT2D eigenvalue weighted by Gasteiger charge is -2.37. The van der Waals surface area contributed by atoms with Gasteiger partial charge in [0.2, 0.25) is 11.8 Å². The van der Waals surface area contributed by atoms with Gasteiger partial charge in [-0.25, -0.2) is 9.88 Å². The van der Waals surface area contributed by atoms with E-state index in [0.717, 1.165) is 48.7 Å². The second kappa shape index (κ2) is 12.2. The Balaban J connectivity index is 1.56. The van der Waals surface area contributed by atoms with Crippen molar-refractivity contribution in [2.24, 2.45) is 5.92 Å². The smallest absolute Gasteiger partial charge is 0.257 e. The predicted octanol–water partition coefficient (Wildman–Crippen LogP) is 5.50. The molecule has 0 bridgehead atoms. The first-order valence-electron chi connectivity index (χ1n) is 12.7. The number of carbonyl (C=O) groups is 3. The van der Waals surface area contributed by atoms with Gasteiger partial charge in [0.25, 0.3) is 5.91 Å². The van der Waals surface area contributed by atoms with Crippen molar-refractivity contribution in [1.82, 2.24) is 9.88 Å². The molecule has 2 aromatic rings. The van der Waals surface area contributed by atoms with Gasteiger partial charge in [0.1, 0.15) is 17.1 Å². The fourth-order valence-corrected chi connectivity index (χ4v) is 6.22. The van der Waals surface area contributed by atoms with E-state index in [1.807, 2.05) is 6.07 Å². The van der Waals surface area contributed by atoms with Crippen LogP contribution in [0.2, 0.25) is 0 Å². The van der Waals surface area contributed by atoms with E-state index in [2.05, 4.69) is 40.8 Å². The number of nitriles is 1. The lowest BCUT2D eigenvalue weighted by atomic mass is 9.92. The molecule has 37 heavy (non-hydrogen) atoms. The van der Waals surface area contributed by atoms with E-state index in [9.17, 15) is 19.6 Å². The fraction of sp³-hybridized carbons (Fsp3) is 0.464. The van der Waals surface area contributed by atoms with Crippen molar-refractivity contribution in [3.63, 3.8) is 0 Å². The Morgan fingerprint density at radius 2 is 1.86 bits per heavy atom. The molecule has 1 unspecified atom stereocenters. The molecule has 1 aliphatic carbocycles. The summed E-state index contributed by atoms with van der Waals surface area (Å²) in [5.74, 6) is -0.374. The van der Waals surface area contributed by atoms with E-state index in [-0.39, 0.29) is 35.9 Å². The summed E-state index contributed by atoms with van der Waals surface area (Å²) in [7, 11) is 0. The largest absolute Gasteiger partial charge is 0.326 e. The molecule has 1 saturated heterocycles. The van der Waals surface area contributed by atoms with E-state index in [4.69, 9.17) is 0 Å². The summed E-state index contributed by atoms with van der Waals surface area (Å²) in [5.41, 5.74) is 1.83. The van der Waals surface area contributed by atoms with E-state index < -0.39 is 6.04 Å². The van der Waals surface area contributed by atoms with Crippen LogP contribution in [-0.4, -0.2) is 45.4 Å². The van der Waals surface area contributed by atoms with Crippen molar-refractivity contribution in [2.45, 2.75) is 75.9 Å². The van der Waals surface area contributed by atoms with Crippen LogP contribution in [0.25, 0.3) is 0 Å². The highest BCUT2D eigenvalue weighted by Crippen LogP contribution is 2.33. The molecule has 1 aromatic heterocycles. The van der Waals surface area contributed by atoms with Crippen molar-refractivity contribution < 1.29 is 14.4 Å². The third kappa shape index (κ3) is 6.42. The summed E-state index contributed by atoms with van der Waals surface area (Å²) in [4.78, 5) is 47.8. The van der Waals surface area contributed by atoms with E-state index in [1.165, 1.54) is 16.7 Å². The molecule has 4 rings (SSSR count). The zero-order chi connectivity index (χ0) is 26.5. The number of nitrogens with zero attached hydrogens (tertiary/aromatic N) is 4. The summed E-state index contributed by atoms with van der Waals surface area (Å²) in [6.07, 6.45) is 5.48. The Morgan fingerprint density at radius 3 is 2.51 bits per heavy atom. The second-order valence-electron chi connectivity index (χ2n) is 10.0. The topological polar surface area (TPSA) is 94.4 Å². The Hall–Kier alpha value is -2.70. The van der Waals surface area contributed by atoms with Crippen LogP contribution in [0.1, 0.15) is 63.6 Å². The highest BCUT2D eigenvalue weighted by atomic mass is 79.9. The number of amides is 3. The molecule has 7 nitrogen and oxygen atoms in total. The minimum Gasteiger partial charge on any atom is -0.326 e. The van der Waals surface area contributed by atoms with Crippen LogP contribution in [0.15, 0.2) is 45.9 Å². The first-order valence-corrected chi connectivity index (χ1v) is 14.5. The molecule has 194 valence electrons. The number of imide groups is 1. The lowest BCUT2D eigenvalue weighted by Crippen LogP contribution is -2.52. The first-order chi connectivity index (χ1) is 17.8. The minimum absolute atomic E-state index is 0.0205. The molecule has 2 aliphatic rings. The summed E-state index contributed by atoms with van der Waals surface area (Å²) in [6, 6.07) is 11.9. The Labute approximate surface area is 230 Å². The Morgan fingerprint density at radius 1 is 1.16 bits per heavy atom. The summed E-state index contributed by atoms with van der Waals surface area (Å²) >= 11 is 4.62. The minimum atomic E-state index is -0.817. The fourth-order valence-electron chi connectivity index (χ4n) is 5.10. The lowest BCUT2D eigenvalue weighted by molar-refractivity contribution is -0.139. The van der Waals surface area contributed by atoms with Gasteiger partial charge >= 0.3 is 0 Å². The molecule has 0 N–H and O–H groups in total. The van der Waals surface area contributed by atoms with Crippen molar-refractivity contribution in [2.75, 3.05) is 10.7 Å². The molecule has 0 radical (unpaired) electrons. The second-order valence-corrected chi connectivity index (χ2v) is 11.9. The number of carbonyl (C=O) groups excluding carboxylic acids is 3. The number of hydrogen-bond acceptors (Lipinski definition) is 6. The quantitative estimate of drug-likeness (QED) is 0.301. The van der Waals surface area contributed by atoms with Crippen LogP contribution in [0.5, 0.6) is 0 Å². The number of aromatic nitrogens is 1. The number of rotatable bonds is 8. The SMILES string of the molecule is CC(C)Cc1ccc(C#N)c(SCC(=O)N(C2CCCCC2)C2CC(=O)N(c3ccc(Br)cc3)C2=O)n1. The standard InChI is InChI=1S/C28H31BrN4O3S/c1-18(2)14-21-11-8-19(16-30)27(31-21)37-17-26(35)32(22-6-4-3-5-7-22)24-15-25(34)33(28(24)36)23-12-9-20(29)10-13-23/h8-13,18,22,24H,3-7,14-15,17H2,1-2H3. The zero-order valence-electron chi connectivity index (χ0n) is 21.2. The van der Waals surface area contributed by atoms with Crippen LogP contribution < -0.4 is 4.90 Å². The number of pyridine rings is 1. The monoisotopic (exact) mass is 582 g/mol. The number of thioether (sulfide) groups is 1. The average Bonchev–Trinajstić information content (AvgIpc) is 3.17. The molecule has 1 saturated carbocycles. The molecule has 3 amide bonds. The Kier molecular flexibility index (Phi) is 9.04. The highest BCUT2D eigenvalue weighted by molar-refractivity contribution is 9.10. The van der Waals surface area contributed by atoms with Crippen LogP contribution >= 0.6 is 27.7 Å². The van der Waals surface area contributed by atoms with Crippen molar-refractivity contribution in [3.05, 3.63) is 52.1 Å². The molecule has 1 atom stereocenters. The number of hydrogen-bond donors (Lipinski definition) is 0. The maximum atomic E-state index is 13.7. The molecular weight excluding hydrogens is 552 g/mol. The maximum Gasteiger partial charge on any atom is 0.257 e. The average molecular weight is 584 g/mol. The number of anilines is 1. The van der Waals surface area contributed by atoms with Crippen LogP contribution in [-0.2, 0) is 20.8 Å². The van der Waals surface area contributed by atoms with E-state index in [0.29, 0.717) is 22.2 Å². The van der Waals surface area contributed by atoms with Crippen molar-refractivity contribution in [1.29, 1.82) is 5.26 Å². The molecule has 1 aromatic carbocycles. The van der Waals surface area contributed by atoms with Crippen molar-refractivity contribution >= 4 is 51.1 Å². The molecule has 9 heteroatoms. The van der Waals surface area contributed by atoms with Gasteiger partial charge in [-0.15, -0.1) is 0 Å². The van der Waals surface area contributed by atoms with Gasteiger partial charge in [0.15, 0.2) is 0 Å². The molecular formula is C28H31BrN4O3S. The van der Waals surface area contributed by atoms with Gasteiger partial charge < -0.3 is 4.90 Å². The summed E-state index contributed by atoms with van der Waals surface area (Å²) < 4.78 is 0.853. The van der Waals surface area contributed by atoms with Crippen LogP contribution in [0.4, 0.5) is 5.69 Å². The van der Waals surface area contributed by atoms with Crippen LogP contribution in [0, 0.1) is 17.2 Å². The number of benzene rings is 1. The Bertz CT molecular complexity index is 1200. The molecule has 1 aliphatic heterocycles. The first kappa shape index (κ1) is 27.3. The van der Waals surface area contributed by atoms with Crippen LogP contribution in [0.3, 0.4) is 0 Å². The summed E-state index contributed by atoms with van der Waals surface area (Å²) in [6.45, 7) is 4.21. The predicted molar refractivity (Wildman–Crippen MR) is 147 cm³/mol. The molecule has 2 fully saturated rings. The number of halogens is 1. The van der Waals surface area contributed by atoms with Gasteiger partial charge in [-0.1, -0.05) is 60.8 Å². The van der Waals surface area contributed by atoms with Crippen molar-refractivity contribution in [3.8, 4) is 6.07 Å². The highest BCUT2D eigenvalue weighted by Gasteiger charge is 2.46. The molecule has 2 heterocycles. The van der Waals surface area contributed by atoms with E-state index in [1.54, 1.807) is 35.2 Å². The van der Waals surface area contributed by atoms with E-state index >= 15 is 0 Å². The zero-order valence-corrected chi connectivity index (χ0v) is 23.6.